The number of hydrogen-bond donors (Lipinski definition) is 1. The summed E-state index contributed by atoms with van der Waals surface area (Å²) in [5, 5.41) is 7.79. The van der Waals surface area contributed by atoms with Crippen LogP contribution < -0.4 is 10.1 Å². The Morgan fingerprint density at radius 1 is 1.35 bits per heavy atom. The van der Waals surface area contributed by atoms with E-state index in [1.807, 2.05) is 32.2 Å². The van der Waals surface area contributed by atoms with Gasteiger partial charge in [0.2, 0.25) is 0 Å². The minimum absolute atomic E-state index is 0.0119. The molecule has 1 aromatic carbocycles. The molecule has 0 unspecified atom stereocenters. The molecule has 104 valence electrons. The Bertz CT molecular complexity index is 731. The van der Waals surface area contributed by atoms with Crippen LogP contribution in [-0.4, -0.2) is 31.5 Å². The average molecular weight is 336 g/mol. The van der Waals surface area contributed by atoms with Gasteiger partial charge in [-0.3, -0.25) is 0 Å². The quantitative estimate of drug-likeness (QED) is 0.745. The van der Waals surface area contributed by atoms with Gasteiger partial charge < -0.3 is 0 Å². The molecule has 0 spiro atoms. The second kappa shape index (κ2) is 5.26. The number of nitrogens with zero attached hydrogens (tertiary/aromatic N) is 4. The molecule has 0 radical (unpaired) electrons. The number of hydrogen-bond acceptors (Lipinski definition) is 5. The summed E-state index contributed by atoms with van der Waals surface area (Å²) in [5.41, 5.74) is 4.98. The first-order valence-electron chi connectivity index (χ1n) is 6.22. The number of nitrogens with one attached hydrogen (secondary N) is 1. The summed E-state index contributed by atoms with van der Waals surface area (Å²) in [7, 11) is 3.54. The zero-order valence-electron chi connectivity index (χ0n) is 11.5. The van der Waals surface area contributed by atoms with Crippen molar-refractivity contribution >= 4 is 31.6 Å². The third-order valence-corrected chi connectivity index (χ3v) is 4.36. The molecule has 1 aliphatic rings. The van der Waals surface area contributed by atoms with Crippen LogP contribution in [-0.2, 0) is 13.6 Å². The van der Waals surface area contributed by atoms with Gasteiger partial charge in [0, 0.05) is 0 Å². The van der Waals surface area contributed by atoms with Gasteiger partial charge in [-0.15, -0.1) is 0 Å². The summed E-state index contributed by atoms with van der Waals surface area (Å²) in [4.78, 5) is 0. The third-order valence-electron chi connectivity index (χ3n) is 3.22. The van der Waals surface area contributed by atoms with Gasteiger partial charge in [0.1, 0.15) is 0 Å². The van der Waals surface area contributed by atoms with Crippen LogP contribution in [0.5, 0.6) is 5.88 Å². The SMILES string of the molecule is COc1c(CNc2cccc3c2N=[Se]=N3)c(C)nn1C. The van der Waals surface area contributed by atoms with E-state index in [1.165, 1.54) is 0 Å². The van der Waals surface area contributed by atoms with Gasteiger partial charge in [0.15, 0.2) is 0 Å². The fourth-order valence-electron chi connectivity index (χ4n) is 2.27. The van der Waals surface area contributed by atoms with Crippen LogP contribution in [0, 0.1) is 6.92 Å². The third kappa shape index (κ3) is 2.19. The van der Waals surface area contributed by atoms with Crippen LogP contribution in [0.15, 0.2) is 26.1 Å². The number of anilines is 1. The first-order chi connectivity index (χ1) is 9.70. The van der Waals surface area contributed by atoms with E-state index < -0.39 is 0 Å². The first-order valence-corrected chi connectivity index (χ1v) is 7.75. The van der Waals surface area contributed by atoms with E-state index in [-0.39, 0.29) is 14.6 Å². The average Bonchev–Trinajstić information content (AvgIpc) is 3.01. The van der Waals surface area contributed by atoms with Crippen LogP contribution in [0.25, 0.3) is 0 Å². The van der Waals surface area contributed by atoms with E-state index in [1.54, 1.807) is 11.8 Å². The molecule has 0 saturated heterocycles. The molecular formula is C13H15N5OSe. The summed E-state index contributed by atoms with van der Waals surface area (Å²) < 4.78 is 16.0. The van der Waals surface area contributed by atoms with Crippen molar-refractivity contribution in [3.05, 3.63) is 29.5 Å². The van der Waals surface area contributed by atoms with Crippen LogP contribution in [0.1, 0.15) is 11.3 Å². The van der Waals surface area contributed by atoms with Gasteiger partial charge in [-0.1, -0.05) is 0 Å². The van der Waals surface area contributed by atoms with Crippen LogP contribution >= 0.6 is 0 Å². The molecule has 7 heteroatoms. The molecule has 6 nitrogen and oxygen atoms in total. The molecule has 0 fully saturated rings. The number of aryl methyl sites for hydroxylation is 2. The fraction of sp³-hybridized carbons (Fsp3) is 0.308. The summed E-state index contributed by atoms with van der Waals surface area (Å²) in [6, 6.07) is 6.01. The Labute approximate surface area is 122 Å². The molecule has 20 heavy (non-hydrogen) atoms. The van der Waals surface area contributed by atoms with Crippen molar-refractivity contribution in [2.75, 3.05) is 12.4 Å². The number of aromatic nitrogens is 2. The van der Waals surface area contributed by atoms with Crippen molar-refractivity contribution in [1.82, 2.24) is 9.78 Å². The van der Waals surface area contributed by atoms with Crippen LogP contribution in [0.2, 0.25) is 0 Å². The van der Waals surface area contributed by atoms with E-state index in [9.17, 15) is 0 Å². The van der Waals surface area contributed by atoms with E-state index in [4.69, 9.17) is 4.74 Å². The Morgan fingerprint density at radius 3 is 3.00 bits per heavy atom. The minimum atomic E-state index is -0.0119. The van der Waals surface area contributed by atoms with Crippen molar-refractivity contribution in [2.24, 2.45) is 15.0 Å². The van der Waals surface area contributed by atoms with Crippen molar-refractivity contribution in [1.29, 1.82) is 0 Å². The van der Waals surface area contributed by atoms with Gasteiger partial charge in [-0.25, -0.2) is 0 Å². The molecule has 0 amide bonds. The molecule has 1 aromatic heterocycles. The molecule has 0 bridgehead atoms. The Hall–Kier alpha value is -1.85. The molecule has 2 aromatic rings. The Kier molecular flexibility index (Phi) is 3.46. The zero-order valence-corrected chi connectivity index (χ0v) is 13.3. The van der Waals surface area contributed by atoms with Crippen LogP contribution in [0.3, 0.4) is 0 Å². The maximum atomic E-state index is 5.40. The molecule has 0 aliphatic carbocycles. The van der Waals surface area contributed by atoms with Crippen molar-refractivity contribution in [2.45, 2.75) is 13.5 Å². The Morgan fingerprint density at radius 2 is 2.20 bits per heavy atom. The number of benzene rings is 1. The van der Waals surface area contributed by atoms with Gasteiger partial charge in [-0.05, 0) is 0 Å². The van der Waals surface area contributed by atoms with Gasteiger partial charge >= 0.3 is 122 Å². The van der Waals surface area contributed by atoms with Gasteiger partial charge in [0.05, 0.1) is 0 Å². The number of methoxy groups -OCH3 is 1. The maximum absolute atomic E-state index is 5.40. The molecule has 1 N–H and O–H groups in total. The van der Waals surface area contributed by atoms with Gasteiger partial charge in [0.25, 0.3) is 0 Å². The molecular weight excluding hydrogens is 321 g/mol. The first kappa shape index (κ1) is 13.1. The number of rotatable bonds is 4. The zero-order chi connectivity index (χ0) is 14.1. The molecule has 0 saturated carbocycles. The van der Waals surface area contributed by atoms with E-state index >= 15 is 0 Å². The predicted octanol–water partition coefficient (Wildman–Crippen LogP) is 2.70. The monoisotopic (exact) mass is 337 g/mol. The molecule has 3 rings (SSSR count). The molecule has 2 heterocycles. The topological polar surface area (TPSA) is 63.8 Å². The van der Waals surface area contributed by atoms with Crippen molar-refractivity contribution < 1.29 is 4.74 Å². The standard InChI is InChI=1S/C13H15N5OSe/c1-8-9(13(19-3)18(2)15-8)7-14-10-5-4-6-11-12(10)17-20-16-11/h4-6,14H,7H2,1-3H3. The second-order valence-electron chi connectivity index (χ2n) is 4.49. The van der Waals surface area contributed by atoms with Gasteiger partial charge in [-0.2, -0.15) is 0 Å². The number of ether oxygens (including phenoxy) is 1. The Balaban J connectivity index is 1.85. The van der Waals surface area contributed by atoms with Crippen molar-refractivity contribution in [3.63, 3.8) is 0 Å². The summed E-state index contributed by atoms with van der Waals surface area (Å²) >= 11 is -0.0119. The van der Waals surface area contributed by atoms with E-state index in [0.29, 0.717) is 6.54 Å². The van der Waals surface area contributed by atoms with Crippen LogP contribution in [0.4, 0.5) is 17.1 Å². The summed E-state index contributed by atoms with van der Waals surface area (Å²) in [6.45, 7) is 2.64. The van der Waals surface area contributed by atoms with E-state index in [2.05, 4.69) is 18.3 Å². The molecule has 0 atom stereocenters. The normalized spacial score (nSPS) is 12.2. The van der Waals surface area contributed by atoms with E-state index in [0.717, 1.165) is 34.2 Å². The number of fused-ring (bicyclic) bond motifs is 1. The fourth-order valence-corrected chi connectivity index (χ4v) is 3.43. The van der Waals surface area contributed by atoms with Crippen molar-refractivity contribution in [3.8, 4) is 5.88 Å². The molecule has 1 aliphatic heterocycles. The second-order valence-corrected chi connectivity index (χ2v) is 5.60. The predicted molar refractivity (Wildman–Crippen MR) is 78.2 cm³/mol. The summed E-state index contributed by atoms with van der Waals surface area (Å²) in [5.74, 6) is 0.786. The summed E-state index contributed by atoms with van der Waals surface area (Å²) in [6.07, 6.45) is 0.